The molecule has 1 aliphatic heterocycles. The number of piperazine rings is 1. The first kappa shape index (κ1) is 32.3. The Morgan fingerprint density at radius 3 is 2.25 bits per heavy atom. The van der Waals surface area contributed by atoms with Gasteiger partial charge >= 0.3 is 12.1 Å². The molecule has 17 heteroatoms. The van der Waals surface area contributed by atoms with Crippen LogP contribution in [0.15, 0.2) is 59.8 Å². The van der Waals surface area contributed by atoms with E-state index >= 15 is 0 Å². The minimum atomic E-state index is -5.08. The highest BCUT2D eigenvalue weighted by molar-refractivity contribution is 7.92. The molecule has 1 aliphatic rings. The maximum absolute atomic E-state index is 14.6. The lowest BCUT2D eigenvalue weighted by Crippen LogP contribution is -2.44. The standard InChI is InChI=1S/C25H22F3N5O3S.C2HF3O2/c1-36-25-22(32-37(34,35)23-5-3-17(26)12-20(23)27)11-16(13-31-25)15-2-4-18-19(10-15)24(30-14-21(18)28)33-8-6-29-7-9-33;3-2(4,5)1(6)7/h2-5,10-14,29,32H,6-9H2,1H3;(H,6,7). The van der Waals surface area contributed by atoms with Crippen LogP contribution in [0.5, 0.6) is 5.88 Å². The number of nitrogens with zero attached hydrogens (tertiary/aromatic N) is 3. The van der Waals surface area contributed by atoms with Gasteiger partial charge in [0, 0.05) is 54.8 Å². The van der Waals surface area contributed by atoms with Crippen LogP contribution >= 0.6 is 0 Å². The van der Waals surface area contributed by atoms with E-state index in [4.69, 9.17) is 14.6 Å². The first-order chi connectivity index (χ1) is 20.7. The molecule has 2 aromatic carbocycles. The number of carbonyl (C=O) groups is 1. The molecule has 0 bridgehead atoms. The third kappa shape index (κ3) is 7.28. The van der Waals surface area contributed by atoms with E-state index in [2.05, 4.69) is 24.9 Å². The molecule has 44 heavy (non-hydrogen) atoms. The Kier molecular flexibility index (Phi) is 9.48. The van der Waals surface area contributed by atoms with Gasteiger partial charge in [-0.1, -0.05) is 12.1 Å². The molecule has 0 unspecified atom stereocenters. The van der Waals surface area contributed by atoms with Crippen LogP contribution in [-0.4, -0.2) is 68.9 Å². The van der Waals surface area contributed by atoms with Gasteiger partial charge in [-0.3, -0.25) is 4.72 Å². The quantitative estimate of drug-likeness (QED) is 0.259. The van der Waals surface area contributed by atoms with E-state index in [9.17, 15) is 34.8 Å². The summed E-state index contributed by atoms with van der Waals surface area (Å²) in [6, 6.07) is 8.73. The molecule has 3 heterocycles. The number of aromatic nitrogens is 2. The molecule has 0 atom stereocenters. The number of alkyl halides is 3. The van der Waals surface area contributed by atoms with Crippen LogP contribution in [0.4, 0.5) is 37.8 Å². The molecule has 4 aromatic rings. The molecule has 0 aliphatic carbocycles. The number of anilines is 2. The summed E-state index contributed by atoms with van der Waals surface area (Å²) in [6.07, 6.45) is -2.40. The first-order valence-electron chi connectivity index (χ1n) is 12.6. The second kappa shape index (κ2) is 12.9. The first-order valence-corrected chi connectivity index (χ1v) is 14.1. The lowest BCUT2D eigenvalue weighted by Gasteiger charge is -2.29. The number of rotatable bonds is 6. The van der Waals surface area contributed by atoms with Crippen LogP contribution in [0.25, 0.3) is 21.9 Å². The number of hydrogen-bond acceptors (Lipinski definition) is 8. The van der Waals surface area contributed by atoms with Gasteiger partial charge in [0.15, 0.2) is 0 Å². The fraction of sp³-hybridized carbons (Fsp3) is 0.222. The van der Waals surface area contributed by atoms with Gasteiger partial charge in [-0.05, 0) is 29.8 Å². The Morgan fingerprint density at radius 1 is 0.955 bits per heavy atom. The van der Waals surface area contributed by atoms with Crippen molar-refractivity contribution in [3.8, 4) is 17.0 Å². The van der Waals surface area contributed by atoms with Crippen LogP contribution in [-0.2, 0) is 14.8 Å². The van der Waals surface area contributed by atoms with Gasteiger partial charge in [0.1, 0.15) is 33.9 Å². The molecule has 3 N–H and O–H groups in total. The van der Waals surface area contributed by atoms with Gasteiger partial charge < -0.3 is 20.1 Å². The monoisotopic (exact) mass is 643 g/mol. The molecule has 5 rings (SSSR count). The average molecular weight is 644 g/mol. The van der Waals surface area contributed by atoms with Crippen molar-refractivity contribution >= 4 is 38.3 Å². The zero-order valence-electron chi connectivity index (χ0n) is 22.6. The third-order valence-corrected chi connectivity index (χ3v) is 7.68. The number of fused-ring (bicyclic) bond motifs is 1. The number of methoxy groups -OCH3 is 1. The highest BCUT2D eigenvalue weighted by Gasteiger charge is 2.38. The van der Waals surface area contributed by atoms with Gasteiger partial charge in [-0.25, -0.2) is 36.4 Å². The number of halogens is 6. The summed E-state index contributed by atoms with van der Waals surface area (Å²) in [4.78, 5) is 18.8. The van der Waals surface area contributed by atoms with Gasteiger partial charge in [-0.2, -0.15) is 13.2 Å². The average Bonchev–Trinajstić information content (AvgIpc) is 2.97. The summed E-state index contributed by atoms with van der Waals surface area (Å²) < 4.78 is 107. The Balaban J connectivity index is 0.000000566. The summed E-state index contributed by atoms with van der Waals surface area (Å²) in [5, 5.41) is 11.4. The third-order valence-electron chi connectivity index (χ3n) is 6.28. The van der Waals surface area contributed by atoms with E-state index in [0.29, 0.717) is 46.9 Å². The van der Waals surface area contributed by atoms with Crippen molar-refractivity contribution in [2.45, 2.75) is 11.1 Å². The van der Waals surface area contributed by atoms with Crippen LogP contribution in [0.2, 0.25) is 0 Å². The lowest BCUT2D eigenvalue weighted by molar-refractivity contribution is -0.192. The molecule has 2 aromatic heterocycles. The van der Waals surface area contributed by atoms with Crippen LogP contribution in [0, 0.1) is 17.5 Å². The summed E-state index contributed by atoms with van der Waals surface area (Å²) >= 11 is 0. The van der Waals surface area contributed by atoms with Crippen molar-refractivity contribution in [1.29, 1.82) is 0 Å². The topological polar surface area (TPSA) is 134 Å². The van der Waals surface area contributed by atoms with E-state index in [1.54, 1.807) is 18.2 Å². The van der Waals surface area contributed by atoms with Crippen molar-refractivity contribution in [2.24, 2.45) is 0 Å². The molecule has 0 spiro atoms. The van der Waals surface area contributed by atoms with Gasteiger partial charge in [0.25, 0.3) is 10.0 Å². The molecule has 10 nitrogen and oxygen atoms in total. The van der Waals surface area contributed by atoms with Crippen LogP contribution in [0.3, 0.4) is 0 Å². The van der Waals surface area contributed by atoms with E-state index in [1.165, 1.54) is 25.6 Å². The number of benzene rings is 2. The Bertz CT molecular complexity index is 1800. The zero-order valence-corrected chi connectivity index (χ0v) is 23.4. The number of nitrogens with one attached hydrogen (secondary N) is 2. The molecule has 0 radical (unpaired) electrons. The predicted octanol–water partition coefficient (Wildman–Crippen LogP) is 4.57. The van der Waals surface area contributed by atoms with E-state index < -0.39 is 44.5 Å². The van der Waals surface area contributed by atoms with Gasteiger partial charge in [-0.15, -0.1) is 0 Å². The van der Waals surface area contributed by atoms with E-state index in [-0.39, 0.29) is 11.6 Å². The summed E-state index contributed by atoms with van der Waals surface area (Å²) in [7, 11) is -3.13. The molecule has 234 valence electrons. The molecular weight excluding hydrogens is 620 g/mol. The Labute approximate surface area is 246 Å². The van der Waals surface area contributed by atoms with Crippen molar-refractivity contribution in [1.82, 2.24) is 15.3 Å². The molecule has 0 amide bonds. The van der Waals surface area contributed by atoms with Gasteiger partial charge in [0.05, 0.1) is 13.3 Å². The SMILES string of the molecule is COc1ncc(-c2ccc3c(F)cnc(N4CCNCC4)c3c2)cc1NS(=O)(=O)c1ccc(F)cc1F.O=C(O)C(F)(F)F. The van der Waals surface area contributed by atoms with Gasteiger partial charge in [0.2, 0.25) is 5.88 Å². The maximum Gasteiger partial charge on any atom is 0.490 e. The lowest BCUT2D eigenvalue weighted by atomic mass is 10.0. The second-order valence-electron chi connectivity index (χ2n) is 9.19. The van der Waals surface area contributed by atoms with Crippen LogP contribution < -0.4 is 19.7 Å². The fourth-order valence-corrected chi connectivity index (χ4v) is 5.35. The summed E-state index contributed by atoms with van der Waals surface area (Å²) in [5.74, 6) is -4.76. The normalized spacial score (nSPS) is 13.7. The predicted molar refractivity (Wildman–Crippen MR) is 147 cm³/mol. The number of ether oxygens (including phenoxy) is 1. The molecule has 1 saturated heterocycles. The number of aliphatic carboxylic acids is 1. The number of hydrogen-bond donors (Lipinski definition) is 3. The van der Waals surface area contributed by atoms with Crippen molar-refractivity contribution in [2.75, 3.05) is 42.9 Å². The number of sulfonamides is 1. The summed E-state index contributed by atoms with van der Waals surface area (Å²) in [6.45, 7) is 2.99. The second-order valence-corrected chi connectivity index (χ2v) is 10.8. The Hall–Kier alpha value is -4.64. The highest BCUT2D eigenvalue weighted by atomic mass is 32.2. The van der Waals surface area contributed by atoms with E-state index in [1.807, 2.05) is 0 Å². The smallest absolute Gasteiger partial charge is 0.480 e. The number of carboxylic acids is 1. The maximum atomic E-state index is 14.6. The van der Waals surface area contributed by atoms with Crippen LogP contribution in [0.1, 0.15) is 0 Å². The minimum Gasteiger partial charge on any atom is -0.480 e. The Morgan fingerprint density at radius 2 is 1.64 bits per heavy atom. The van der Waals surface area contributed by atoms with Crippen molar-refractivity contribution in [3.63, 3.8) is 0 Å². The van der Waals surface area contributed by atoms with Crippen molar-refractivity contribution < 1.29 is 49.4 Å². The minimum absolute atomic E-state index is 0.0511. The van der Waals surface area contributed by atoms with Crippen molar-refractivity contribution in [3.05, 3.63) is 72.3 Å². The number of carboxylic acid groups (broad SMARTS) is 1. The zero-order chi connectivity index (χ0) is 32.2. The molecule has 0 saturated carbocycles. The van der Waals surface area contributed by atoms with E-state index in [0.717, 1.165) is 25.2 Å². The summed E-state index contributed by atoms with van der Waals surface area (Å²) in [5.41, 5.74) is 1.07. The fourth-order valence-electron chi connectivity index (χ4n) is 4.24. The molecular formula is C27H23F6N5O5S. The largest absolute Gasteiger partial charge is 0.490 e. The highest BCUT2D eigenvalue weighted by Crippen LogP contribution is 2.34. The number of pyridine rings is 2. The molecule has 1 fully saturated rings.